The number of hydrogen-bond donors (Lipinski definition) is 1. The summed E-state index contributed by atoms with van der Waals surface area (Å²) in [6, 6.07) is 14.9. The summed E-state index contributed by atoms with van der Waals surface area (Å²) < 4.78 is 10.8. The first-order chi connectivity index (χ1) is 13.0. The van der Waals surface area contributed by atoms with Crippen LogP contribution in [0, 0.1) is 0 Å². The molecule has 2 N–H and O–H groups in total. The standard InChI is InChI=1S/C20H23N3O4/c1-22(11-14-7-9-15(26-2)10-8-14)13-19(24)23-12-18(20(21)25)27-17-6-4-3-5-16(17)23/h3-10,18H,11-13H2,1-2H3,(H2,21,25)/t18-/m1/s1. The summed E-state index contributed by atoms with van der Waals surface area (Å²) in [7, 11) is 3.50. The molecule has 0 bridgehead atoms. The maximum absolute atomic E-state index is 12.9. The van der Waals surface area contributed by atoms with Crippen LogP contribution < -0.4 is 20.1 Å². The van der Waals surface area contributed by atoms with E-state index in [0.717, 1.165) is 11.3 Å². The summed E-state index contributed by atoms with van der Waals surface area (Å²) in [5.41, 5.74) is 7.11. The van der Waals surface area contributed by atoms with Crippen molar-refractivity contribution in [3.63, 3.8) is 0 Å². The van der Waals surface area contributed by atoms with Crippen molar-refractivity contribution < 1.29 is 19.1 Å². The first kappa shape index (κ1) is 18.7. The van der Waals surface area contributed by atoms with Crippen LogP contribution >= 0.6 is 0 Å². The second kappa shape index (κ2) is 8.09. The molecule has 0 saturated heterocycles. The van der Waals surface area contributed by atoms with Gasteiger partial charge in [-0.1, -0.05) is 24.3 Å². The van der Waals surface area contributed by atoms with Crippen molar-refractivity contribution in [2.45, 2.75) is 12.6 Å². The summed E-state index contributed by atoms with van der Waals surface area (Å²) >= 11 is 0. The Bertz CT molecular complexity index is 822. The van der Waals surface area contributed by atoms with Gasteiger partial charge in [0.1, 0.15) is 11.5 Å². The lowest BCUT2D eigenvalue weighted by Gasteiger charge is -2.34. The van der Waals surface area contributed by atoms with Crippen molar-refractivity contribution in [1.82, 2.24) is 4.90 Å². The van der Waals surface area contributed by atoms with Crippen LogP contribution in [-0.2, 0) is 16.1 Å². The number of nitrogens with two attached hydrogens (primary N) is 1. The molecule has 0 aromatic heterocycles. The number of ether oxygens (including phenoxy) is 2. The van der Waals surface area contributed by atoms with Gasteiger partial charge < -0.3 is 20.1 Å². The lowest BCUT2D eigenvalue weighted by Crippen LogP contribution is -2.51. The largest absolute Gasteiger partial charge is 0.497 e. The number of carbonyl (C=O) groups is 2. The lowest BCUT2D eigenvalue weighted by atomic mass is 10.1. The van der Waals surface area contributed by atoms with Crippen LogP contribution in [0.25, 0.3) is 0 Å². The Morgan fingerprint density at radius 1 is 1.22 bits per heavy atom. The molecule has 1 heterocycles. The van der Waals surface area contributed by atoms with E-state index in [9.17, 15) is 9.59 Å². The number of rotatable bonds is 6. The molecule has 1 aliphatic heterocycles. The zero-order valence-electron chi connectivity index (χ0n) is 15.4. The van der Waals surface area contributed by atoms with Gasteiger partial charge in [0, 0.05) is 6.54 Å². The average molecular weight is 369 g/mol. The molecule has 0 spiro atoms. The van der Waals surface area contributed by atoms with Crippen LogP contribution in [0.3, 0.4) is 0 Å². The summed E-state index contributed by atoms with van der Waals surface area (Å²) in [6.07, 6.45) is -0.851. The topological polar surface area (TPSA) is 85.1 Å². The summed E-state index contributed by atoms with van der Waals surface area (Å²) in [5, 5.41) is 0. The Kier molecular flexibility index (Phi) is 5.61. The highest BCUT2D eigenvalue weighted by Gasteiger charge is 2.32. The van der Waals surface area contributed by atoms with Gasteiger partial charge in [-0.3, -0.25) is 14.5 Å². The fourth-order valence-corrected chi connectivity index (χ4v) is 3.03. The molecular formula is C20H23N3O4. The number of primary amides is 1. The van der Waals surface area contributed by atoms with E-state index >= 15 is 0 Å². The molecule has 0 unspecified atom stereocenters. The Morgan fingerprint density at radius 2 is 1.93 bits per heavy atom. The molecule has 2 aromatic rings. The predicted octanol–water partition coefficient (Wildman–Crippen LogP) is 1.41. The number of fused-ring (bicyclic) bond motifs is 1. The molecule has 2 amide bonds. The molecule has 0 fully saturated rings. The first-order valence-electron chi connectivity index (χ1n) is 8.64. The highest BCUT2D eigenvalue weighted by molar-refractivity contribution is 5.98. The number of amides is 2. The number of nitrogens with zero attached hydrogens (tertiary/aromatic N) is 2. The molecule has 3 rings (SSSR count). The lowest BCUT2D eigenvalue weighted by molar-refractivity contribution is -0.125. The Labute approximate surface area is 158 Å². The van der Waals surface area contributed by atoms with Crippen LogP contribution in [0.4, 0.5) is 5.69 Å². The number of carbonyl (C=O) groups excluding carboxylic acids is 2. The van der Waals surface area contributed by atoms with Gasteiger partial charge in [-0.05, 0) is 36.9 Å². The fourth-order valence-electron chi connectivity index (χ4n) is 3.03. The third-order valence-electron chi connectivity index (χ3n) is 4.41. The van der Waals surface area contributed by atoms with Crippen molar-refractivity contribution in [3.8, 4) is 11.5 Å². The maximum Gasteiger partial charge on any atom is 0.260 e. The fraction of sp³-hybridized carbons (Fsp3) is 0.300. The van der Waals surface area contributed by atoms with Gasteiger partial charge in [-0.2, -0.15) is 0 Å². The second-order valence-electron chi connectivity index (χ2n) is 6.50. The number of hydrogen-bond acceptors (Lipinski definition) is 5. The molecule has 0 saturated carbocycles. The molecule has 0 aliphatic carbocycles. The van der Waals surface area contributed by atoms with Gasteiger partial charge in [-0.15, -0.1) is 0 Å². The molecule has 1 atom stereocenters. The van der Waals surface area contributed by atoms with Gasteiger partial charge >= 0.3 is 0 Å². The van der Waals surface area contributed by atoms with E-state index in [1.54, 1.807) is 30.2 Å². The minimum atomic E-state index is -0.851. The van der Waals surface area contributed by atoms with Crippen molar-refractivity contribution in [3.05, 3.63) is 54.1 Å². The Morgan fingerprint density at radius 3 is 2.59 bits per heavy atom. The number of methoxy groups -OCH3 is 1. The minimum Gasteiger partial charge on any atom is -0.497 e. The monoisotopic (exact) mass is 369 g/mol. The van der Waals surface area contributed by atoms with Crippen LogP contribution in [0.2, 0.25) is 0 Å². The molecule has 2 aromatic carbocycles. The molecule has 7 nitrogen and oxygen atoms in total. The van der Waals surface area contributed by atoms with Crippen LogP contribution in [0.1, 0.15) is 5.56 Å². The minimum absolute atomic E-state index is 0.113. The molecule has 0 radical (unpaired) electrons. The van der Waals surface area contributed by atoms with E-state index in [4.69, 9.17) is 15.2 Å². The zero-order chi connectivity index (χ0) is 19.4. The van der Waals surface area contributed by atoms with Crippen LogP contribution in [-0.4, -0.2) is 50.1 Å². The third kappa shape index (κ3) is 4.38. The van der Waals surface area contributed by atoms with Gasteiger partial charge in [0.25, 0.3) is 5.91 Å². The number of benzene rings is 2. The van der Waals surface area contributed by atoms with E-state index in [0.29, 0.717) is 18.0 Å². The zero-order valence-corrected chi connectivity index (χ0v) is 15.4. The normalized spacial score (nSPS) is 15.8. The van der Waals surface area contributed by atoms with Crippen molar-refractivity contribution in [2.24, 2.45) is 5.73 Å². The van der Waals surface area contributed by atoms with Crippen molar-refractivity contribution in [2.75, 3.05) is 32.1 Å². The maximum atomic E-state index is 12.9. The highest BCUT2D eigenvalue weighted by atomic mass is 16.5. The Balaban J connectivity index is 1.69. The van der Waals surface area contributed by atoms with E-state index in [1.165, 1.54) is 0 Å². The van der Waals surface area contributed by atoms with Crippen molar-refractivity contribution >= 4 is 17.5 Å². The predicted molar refractivity (Wildman–Crippen MR) is 102 cm³/mol. The number of anilines is 1. The highest BCUT2D eigenvalue weighted by Crippen LogP contribution is 2.33. The summed E-state index contributed by atoms with van der Waals surface area (Å²) in [4.78, 5) is 28.0. The van der Waals surface area contributed by atoms with E-state index < -0.39 is 12.0 Å². The van der Waals surface area contributed by atoms with E-state index in [1.807, 2.05) is 42.3 Å². The van der Waals surface area contributed by atoms with Gasteiger partial charge in [0.15, 0.2) is 6.10 Å². The van der Waals surface area contributed by atoms with Gasteiger partial charge in [0.2, 0.25) is 5.91 Å². The molecular weight excluding hydrogens is 346 g/mol. The quantitative estimate of drug-likeness (QED) is 0.832. The first-order valence-corrected chi connectivity index (χ1v) is 8.64. The van der Waals surface area contributed by atoms with Crippen LogP contribution in [0.15, 0.2) is 48.5 Å². The van der Waals surface area contributed by atoms with Crippen LogP contribution in [0.5, 0.6) is 11.5 Å². The van der Waals surface area contributed by atoms with Gasteiger partial charge in [-0.25, -0.2) is 0 Å². The Hall–Kier alpha value is -3.06. The number of para-hydroxylation sites is 2. The second-order valence-corrected chi connectivity index (χ2v) is 6.50. The smallest absolute Gasteiger partial charge is 0.260 e. The third-order valence-corrected chi connectivity index (χ3v) is 4.41. The molecule has 27 heavy (non-hydrogen) atoms. The van der Waals surface area contributed by atoms with E-state index in [2.05, 4.69) is 0 Å². The average Bonchev–Trinajstić information content (AvgIpc) is 2.67. The molecule has 7 heteroatoms. The summed E-state index contributed by atoms with van der Waals surface area (Å²) in [5.74, 6) is 0.570. The van der Waals surface area contributed by atoms with Crippen molar-refractivity contribution in [1.29, 1.82) is 0 Å². The summed E-state index contributed by atoms with van der Waals surface area (Å²) in [6.45, 7) is 0.925. The number of likely N-dealkylation sites (N-methyl/N-ethyl adjacent to an activating group) is 1. The molecule has 1 aliphatic rings. The van der Waals surface area contributed by atoms with Gasteiger partial charge in [0.05, 0.1) is 25.9 Å². The van der Waals surface area contributed by atoms with E-state index in [-0.39, 0.29) is 19.0 Å². The SMILES string of the molecule is COc1ccc(CN(C)CC(=O)N2C[C@H](C(N)=O)Oc3ccccc32)cc1. The molecule has 142 valence electrons.